The molecule has 0 aromatic heterocycles. The quantitative estimate of drug-likeness (QED) is 0.521. The third kappa shape index (κ3) is 4.66. The van der Waals surface area contributed by atoms with Gasteiger partial charge in [-0.15, -0.1) is 0 Å². The zero-order valence-corrected chi connectivity index (χ0v) is 9.16. The summed E-state index contributed by atoms with van der Waals surface area (Å²) >= 11 is 0. The highest BCUT2D eigenvalue weighted by Crippen LogP contribution is 2.22. The Balaban J connectivity index is 0.000000557. The van der Waals surface area contributed by atoms with Crippen molar-refractivity contribution in [3.05, 3.63) is 23.5 Å². The average Bonchev–Trinajstić information content (AvgIpc) is 2.73. The molecule has 0 saturated heterocycles. The third-order valence-corrected chi connectivity index (χ3v) is 1.71. The van der Waals surface area contributed by atoms with Crippen LogP contribution in [0.3, 0.4) is 0 Å². The van der Waals surface area contributed by atoms with Crippen molar-refractivity contribution in [3.63, 3.8) is 0 Å². The number of carboxylic acids is 2. The summed E-state index contributed by atoms with van der Waals surface area (Å²) in [6.45, 7) is 1.37. The minimum absolute atomic E-state index is 0.125. The molecule has 0 aliphatic carbocycles. The average molecular weight is 246 g/mol. The van der Waals surface area contributed by atoms with E-state index in [1.807, 2.05) is 0 Å². The molecule has 0 fully saturated rings. The Morgan fingerprint density at radius 3 is 2.12 bits per heavy atom. The molecule has 96 valence electrons. The molecule has 0 bridgehead atoms. The van der Waals surface area contributed by atoms with Crippen molar-refractivity contribution >= 4 is 11.9 Å². The molecular formula is C10H14O7. The molecule has 0 spiro atoms. The molecule has 17 heavy (non-hydrogen) atoms. The molecular weight excluding hydrogens is 232 g/mol. The van der Waals surface area contributed by atoms with Crippen molar-refractivity contribution in [2.75, 3.05) is 13.2 Å². The van der Waals surface area contributed by atoms with Gasteiger partial charge in [0.15, 0.2) is 0 Å². The molecule has 4 N–H and O–H groups in total. The van der Waals surface area contributed by atoms with E-state index in [0.717, 1.165) is 0 Å². The van der Waals surface area contributed by atoms with Crippen LogP contribution in [0.1, 0.15) is 6.92 Å². The lowest BCUT2D eigenvalue weighted by Gasteiger charge is -2.06. The summed E-state index contributed by atoms with van der Waals surface area (Å²) in [7, 11) is 0. The van der Waals surface area contributed by atoms with Crippen molar-refractivity contribution in [3.8, 4) is 0 Å². The van der Waals surface area contributed by atoms with Gasteiger partial charge in [-0.2, -0.15) is 0 Å². The molecule has 1 atom stereocenters. The fraction of sp³-hybridized carbons (Fsp3) is 0.400. The summed E-state index contributed by atoms with van der Waals surface area (Å²) in [5, 5.41) is 32.4. The lowest BCUT2D eigenvalue weighted by molar-refractivity contribution is -0.147. The maximum Gasteiger partial charge on any atom is 0.371 e. The first-order chi connectivity index (χ1) is 7.97. The van der Waals surface area contributed by atoms with Crippen molar-refractivity contribution in [2.24, 2.45) is 0 Å². The zero-order chi connectivity index (χ0) is 13.4. The maximum atomic E-state index is 10.5. The van der Waals surface area contributed by atoms with E-state index >= 15 is 0 Å². The van der Waals surface area contributed by atoms with Gasteiger partial charge in [-0.25, -0.2) is 9.59 Å². The Morgan fingerprint density at radius 1 is 1.35 bits per heavy atom. The predicted molar refractivity (Wildman–Crippen MR) is 56.2 cm³/mol. The minimum Gasteiger partial charge on any atom is -0.478 e. The summed E-state index contributed by atoms with van der Waals surface area (Å²) in [5.41, 5.74) is 0.352. The number of aliphatic hydroxyl groups excluding tert-OH is 2. The second kappa shape index (κ2) is 7.42. The van der Waals surface area contributed by atoms with Gasteiger partial charge in [0, 0.05) is 5.57 Å². The van der Waals surface area contributed by atoms with Crippen LogP contribution < -0.4 is 0 Å². The number of aliphatic carboxylic acids is 2. The number of carboxylic acid groups (broad SMARTS) is 2. The molecule has 1 rings (SSSR count). The summed E-state index contributed by atoms with van der Waals surface area (Å²) in [6.07, 6.45) is 1.53. The van der Waals surface area contributed by atoms with E-state index in [1.54, 1.807) is 6.92 Å². The SMILES string of the molecule is CC=C1C=C(C(=O)O)OC1C(=O)O.OCCO. The molecule has 0 aromatic carbocycles. The van der Waals surface area contributed by atoms with Gasteiger partial charge in [0.1, 0.15) is 0 Å². The van der Waals surface area contributed by atoms with Gasteiger partial charge in [-0.3, -0.25) is 0 Å². The standard InChI is InChI=1S/C8H8O5.C2H6O2/c1-2-4-3-5(7(9)10)13-6(4)8(11)12;3-1-2-4/h2-3,6H,1H3,(H,9,10)(H,11,12);3-4H,1-2H2. The Labute approximate surface area is 97.3 Å². The second-order valence-electron chi connectivity index (χ2n) is 2.89. The van der Waals surface area contributed by atoms with Gasteiger partial charge in [0.05, 0.1) is 13.2 Å². The van der Waals surface area contributed by atoms with Crippen LogP contribution in [0.5, 0.6) is 0 Å². The van der Waals surface area contributed by atoms with Crippen molar-refractivity contribution in [1.29, 1.82) is 0 Å². The Kier molecular flexibility index (Phi) is 6.61. The molecule has 0 radical (unpaired) electrons. The summed E-state index contributed by atoms with van der Waals surface area (Å²) in [5.74, 6) is -2.79. The van der Waals surface area contributed by atoms with Crippen molar-refractivity contribution < 1.29 is 34.8 Å². The van der Waals surface area contributed by atoms with Gasteiger partial charge in [0.25, 0.3) is 0 Å². The first-order valence-corrected chi connectivity index (χ1v) is 4.70. The molecule has 1 aliphatic rings. The van der Waals surface area contributed by atoms with E-state index < -0.39 is 18.0 Å². The second-order valence-corrected chi connectivity index (χ2v) is 2.89. The monoisotopic (exact) mass is 246 g/mol. The van der Waals surface area contributed by atoms with Crippen LogP contribution in [-0.2, 0) is 14.3 Å². The Morgan fingerprint density at radius 2 is 1.88 bits per heavy atom. The fourth-order valence-corrected chi connectivity index (χ4v) is 0.996. The smallest absolute Gasteiger partial charge is 0.371 e. The number of hydrogen-bond donors (Lipinski definition) is 4. The van der Waals surface area contributed by atoms with Crippen LogP contribution in [-0.4, -0.2) is 51.7 Å². The molecule has 7 nitrogen and oxygen atoms in total. The summed E-state index contributed by atoms with van der Waals surface area (Å²) in [6, 6.07) is 0. The van der Waals surface area contributed by atoms with Gasteiger partial charge < -0.3 is 25.2 Å². The first-order valence-electron chi connectivity index (χ1n) is 4.70. The van der Waals surface area contributed by atoms with Gasteiger partial charge in [0.2, 0.25) is 11.9 Å². The van der Waals surface area contributed by atoms with Crippen LogP contribution >= 0.6 is 0 Å². The largest absolute Gasteiger partial charge is 0.478 e. The Bertz CT molecular complexity index is 341. The molecule has 1 aliphatic heterocycles. The maximum absolute atomic E-state index is 10.5. The first kappa shape index (κ1) is 15.1. The lowest BCUT2D eigenvalue weighted by Crippen LogP contribution is -2.22. The van der Waals surface area contributed by atoms with Crippen LogP contribution in [0, 0.1) is 0 Å². The van der Waals surface area contributed by atoms with E-state index in [2.05, 4.69) is 4.74 Å². The van der Waals surface area contributed by atoms with Gasteiger partial charge in [-0.1, -0.05) is 6.08 Å². The topological polar surface area (TPSA) is 124 Å². The summed E-state index contributed by atoms with van der Waals surface area (Å²) < 4.78 is 4.68. The number of hydrogen-bond acceptors (Lipinski definition) is 5. The van der Waals surface area contributed by atoms with E-state index in [9.17, 15) is 9.59 Å². The van der Waals surface area contributed by atoms with Crippen LogP contribution in [0.15, 0.2) is 23.5 Å². The molecule has 7 heteroatoms. The lowest BCUT2D eigenvalue weighted by atomic mass is 10.1. The molecule has 1 heterocycles. The molecule has 0 amide bonds. The molecule has 0 saturated carbocycles. The Hall–Kier alpha value is -1.86. The van der Waals surface area contributed by atoms with E-state index in [0.29, 0.717) is 5.57 Å². The van der Waals surface area contributed by atoms with E-state index in [1.165, 1.54) is 12.2 Å². The number of allylic oxidation sites excluding steroid dienone is 1. The third-order valence-electron chi connectivity index (χ3n) is 1.71. The zero-order valence-electron chi connectivity index (χ0n) is 9.16. The summed E-state index contributed by atoms with van der Waals surface area (Å²) in [4.78, 5) is 21.0. The van der Waals surface area contributed by atoms with E-state index in [-0.39, 0.29) is 19.0 Å². The molecule has 0 aromatic rings. The number of ether oxygens (including phenoxy) is 1. The van der Waals surface area contributed by atoms with Crippen LogP contribution in [0.4, 0.5) is 0 Å². The number of aliphatic hydroxyl groups is 2. The van der Waals surface area contributed by atoms with Crippen molar-refractivity contribution in [1.82, 2.24) is 0 Å². The van der Waals surface area contributed by atoms with Gasteiger partial charge in [-0.05, 0) is 13.0 Å². The van der Waals surface area contributed by atoms with Gasteiger partial charge >= 0.3 is 11.9 Å². The number of carbonyl (C=O) groups is 2. The minimum atomic E-state index is -1.26. The van der Waals surface area contributed by atoms with Crippen LogP contribution in [0.25, 0.3) is 0 Å². The fourth-order valence-electron chi connectivity index (χ4n) is 0.996. The normalized spacial score (nSPS) is 20.1. The molecule has 1 unspecified atom stereocenters. The number of rotatable bonds is 3. The van der Waals surface area contributed by atoms with Crippen molar-refractivity contribution in [2.45, 2.75) is 13.0 Å². The highest BCUT2D eigenvalue weighted by Gasteiger charge is 2.32. The highest BCUT2D eigenvalue weighted by atomic mass is 16.5. The van der Waals surface area contributed by atoms with E-state index in [4.69, 9.17) is 20.4 Å². The highest BCUT2D eigenvalue weighted by molar-refractivity contribution is 5.89. The van der Waals surface area contributed by atoms with Crippen LogP contribution in [0.2, 0.25) is 0 Å². The predicted octanol–water partition coefficient (Wildman–Crippen LogP) is -0.644.